The van der Waals surface area contributed by atoms with Crippen LogP contribution >= 0.6 is 11.8 Å². The lowest BCUT2D eigenvalue weighted by Crippen LogP contribution is -2.19. The number of hydrogen-bond donors (Lipinski definition) is 1. The molecular weight excluding hydrogens is 310 g/mol. The summed E-state index contributed by atoms with van der Waals surface area (Å²) in [5.74, 6) is -1.61. The van der Waals surface area contributed by atoms with Crippen LogP contribution in [0.3, 0.4) is 0 Å². The fourth-order valence-corrected chi connectivity index (χ4v) is 2.67. The van der Waals surface area contributed by atoms with E-state index < -0.39 is 11.6 Å². The minimum Gasteiger partial charge on any atom is -0.301 e. The van der Waals surface area contributed by atoms with Gasteiger partial charge in [-0.15, -0.1) is 0 Å². The number of amides is 1. The van der Waals surface area contributed by atoms with E-state index in [9.17, 15) is 13.6 Å². The number of nitrogens with zero attached hydrogens (tertiary/aromatic N) is 3. The van der Waals surface area contributed by atoms with Crippen LogP contribution in [-0.4, -0.2) is 27.9 Å². The number of benzene rings is 1. The molecule has 2 heterocycles. The second kappa shape index (κ2) is 5.72. The highest BCUT2D eigenvalue weighted by Gasteiger charge is 2.23. The van der Waals surface area contributed by atoms with Gasteiger partial charge in [0, 0.05) is 24.9 Å². The average molecular weight is 320 g/mol. The molecule has 5 nitrogen and oxygen atoms in total. The molecule has 1 N–H and O–H groups in total. The minimum atomic E-state index is -0.712. The van der Waals surface area contributed by atoms with Gasteiger partial charge in [0.1, 0.15) is 11.5 Å². The van der Waals surface area contributed by atoms with E-state index in [0.29, 0.717) is 15.6 Å². The van der Waals surface area contributed by atoms with Gasteiger partial charge in [0.15, 0.2) is 11.0 Å². The Kier molecular flexibility index (Phi) is 3.76. The highest BCUT2D eigenvalue weighted by atomic mass is 32.2. The van der Waals surface area contributed by atoms with Crippen molar-refractivity contribution in [3.8, 4) is 5.69 Å². The molecule has 1 aromatic carbocycles. The van der Waals surface area contributed by atoms with Crippen LogP contribution in [0.5, 0.6) is 0 Å². The molecule has 0 unspecified atom stereocenters. The first kappa shape index (κ1) is 14.5. The van der Waals surface area contributed by atoms with Crippen LogP contribution in [0.1, 0.15) is 5.56 Å². The van der Waals surface area contributed by atoms with Crippen molar-refractivity contribution < 1.29 is 13.6 Å². The van der Waals surface area contributed by atoms with Crippen molar-refractivity contribution in [3.63, 3.8) is 0 Å². The summed E-state index contributed by atoms with van der Waals surface area (Å²) >= 11 is 1.21. The van der Waals surface area contributed by atoms with Crippen molar-refractivity contribution >= 4 is 28.9 Å². The number of thioether (sulfide) groups is 1. The molecule has 2 aromatic rings. The summed E-state index contributed by atoms with van der Waals surface area (Å²) in [6, 6.07) is 3.25. The number of halogens is 2. The third-order valence-electron chi connectivity index (χ3n) is 2.91. The Morgan fingerprint density at radius 1 is 1.41 bits per heavy atom. The van der Waals surface area contributed by atoms with Crippen LogP contribution in [-0.2, 0) is 4.79 Å². The van der Waals surface area contributed by atoms with Crippen molar-refractivity contribution in [3.05, 3.63) is 52.7 Å². The van der Waals surface area contributed by atoms with Crippen LogP contribution in [0.2, 0.25) is 0 Å². The summed E-state index contributed by atoms with van der Waals surface area (Å²) < 4.78 is 27.9. The predicted octanol–water partition coefficient (Wildman–Crippen LogP) is 2.34. The zero-order valence-corrected chi connectivity index (χ0v) is 12.2. The molecule has 1 amide bonds. The van der Waals surface area contributed by atoms with Gasteiger partial charge in [-0.1, -0.05) is 0 Å². The number of hydrogen-bond acceptors (Lipinski definition) is 4. The topological polar surface area (TPSA) is 59.3 Å². The molecular formula is C14H10F2N4OS. The van der Waals surface area contributed by atoms with Gasteiger partial charge in [0.25, 0.3) is 5.91 Å². The lowest BCUT2D eigenvalue weighted by molar-refractivity contribution is -0.115. The number of carbonyl (C=O) groups excluding carboxylic acids is 1. The van der Waals surface area contributed by atoms with E-state index in [1.54, 1.807) is 19.3 Å². The quantitative estimate of drug-likeness (QED) is 0.864. The van der Waals surface area contributed by atoms with Gasteiger partial charge < -0.3 is 5.32 Å². The first-order chi connectivity index (χ1) is 10.6. The molecule has 1 saturated heterocycles. The number of nitrogens with one attached hydrogen (secondary N) is 1. The van der Waals surface area contributed by atoms with Crippen LogP contribution in [0.15, 0.2) is 40.5 Å². The summed E-state index contributed by atoms with van der Waals surface area (Å²) in [5, 5.41) is 7.15. The molecule has 0 bridgehead atoms. The molecule has 1 aliphatic heterocycles. The molecule has 0 spiro atoms. The van der Waals surface area contributed by atoms with E-state index in [0.717, 1.165) is 12.1 Å². The van der Waals surface area contributed by atoms with E-state index in [1.807, 2.05) is 0 Å². The molecule has 0 saturated carbocycles. The number of aliphatic imine (C=N–C) groups is 1. The average Bonchev–Trinajstić information content (AvgIpc) is 3.07. The Morgan fingerprint density at radius 2 is 2.23 bits per heavy atom. The van der Waals surface area contributed by atoms with Gasteiger partial charge in [0.05, 0.1) is 11.1 Å². The molecule has 8 heteroatoms. The Balaban J connectivity index is 1.90. The van der Waals surface area contributed by atoms with Crippen molar-refractivity contribution in [2.75, 3.05) is 7.05 Å². The highest BCUT2D eigenvalue weighted by Crippen LogP contribution is 2.26. The van der Waals surface area contributed by atoms with E-state index >= 15 is 0 Å². The summed E-state index contributed by atoms with van der Waals surface area (Å²) in [6.45, 7) is 0. The fraction of sp³-hybridized carbons (Fsp3) is 0.0714. The first-order valence-corrected chi connectivity index (χ1v) is 7.06. The normalized spacial score (nSPS) is 18.2. The van der Waals surface area contributed by atoms with Crippen LogP contribution in [0, 0.1) is 11.6 Å². The summed E-state index contributed by atoms with van der Waals surface area (Å²) in [5.41, 5.74) is 0.754. The number of rotatable bonds is 2. The van der Waals surface area contributed by atoms with Gasteiger partial charge >= 0.3 is 0 Å². The van der Waals surface area contributed by atoms with E-state index in [1.165, 1.54) is 28.7 Å². The highest BCUT2D eigenvalue weighted by molar-refractivity contribution is 8.18. The fourth-order valence-electron chi connectivity index (χ4n) is 1.89. The van der Waals surface area contributed by atoms with Gasteiger partial charge in [-0.2, -0.15) is 5.10 Å². The van der Waals surface area contributed by atoms with Crippen molar-refractivity contribution in [2.45, 2.75) is 0 Å². The van der Waals surface area contributed by atoms with Crippen LogP contribution in [0.4, 0.5) is 8.78 Å². The smallest absolute Gasteiger partial charge is 0.264 e. The Labute approximate surface area is 128 Å². The molecule has 1 fully saturated rings. The number of aromatic nitrogens is 2. The molecule has 0 radical (unpaired) electrons. The van der Waals surface area contributed by atoms with Gasteiger partial charge in [-0.05, 0) is 30.0 Å². The minimum absolute atomic E-state index is 0.130. The van der Waals surface area contributed by atoms with Gasteiger partial charge in [-0.3, -0.25) is 9.79 Å². The maximum Gasteiger partial charge on any atom is 0.264 e. The third kappa shape index (κ3) is 2.77. The zero-order chi connectivity index (χ0) is 15.7. The first-order valence-electron chi connectivity index (χ1n) is 6.24. The van der Waals surface area contributed by atoms with Crippen molar-refractivity contribution in [2.24, 2.45) is 4.99 Å². The van der Waals surface area contributed by atoms with Crippen molar-refractivity contribution in [1.29, 1.82) is 0 Å². The number of carbonyl (C=O) groups is 1. The summed E-state index contributed by atoms with van der Waals surface area (Å²) in [7, 11) is 1.58. The standard InChI is InChI=1S/C14H10F2N4OS/c1-17-14-19-13(21)12(22-14)4-8-6-18-20(7-8)11-3-2-9(15)5-10(11)16/h2-7H,1H3,(H,17,19,21)/b12-4-. The number of amidine groups is 1. The Hall–Kier alpha value is -2.48. The second-order valence-corrected chi connectivity index (χ2v) is 5.44. The molecule has 0 aliphatic carbocycles. The Morgan fingerprint density at radius 3 is 2.91 bits per heavy atom. The lowest BCUT2D eigenvalue weighted by atomic mass is 10.3. The molecule has 1 aliphatic rings. The molecule has 0 atom stereocenters. The predicted molar refractivity (Wildman–Crippen MR) is 80.5 cm³/mol. The second-order valence-electron chi connectivity index (χ2n) is 4.41. The summed E-state index contributed by atoms with van der Waals surface area (Å²) in [4.78, 5) is 16.1. The molecule has 112 valence electrons. The maximum atomic E-state index is 13.7. The Bertz CT molecular complexity index is 813. The monoisotopic (exact) mass is 320 g/mol. The third-order valence-corrected chi connectivity index (χ3v) is 3.91. The van der Waals surface area contributed by atoms with E-state index in [2.05, 4.69) is 15.4 Å². The van der Waals surface area contributed by atoms with Crippen LogP contribution in [0.25, 0.3) is 11.8 Å². The molecule has 3 rings (SSSR count). The molecule has 1 aromatic heterocycles. The largest absolute Gasteiger partial charge is 0.301 e. The van der Waals surface area contributed by atoms with E-state index in [-0.39, 0.29) is 11.6 Å². The zero-order valence-electron chi connectivity index (χ0n) is 11.4. The van der Waals surface area contributed by atoms with Crippen molar-refractivity contribution in [1.82, 2.24) is 15.1 Å². The lowest BCUT2D eigenvalue weighted by Gasteiger charge is -2.02. The maximum absolute atomic E-state index is 13.7. The van der Waals surface area contributed by atoms with E-state index in [4.69, 9.17) is 0 Å². The van der Waals surface area contributed by atoms with Gasteiger partial charge in [0.2, 0.25) is 0 Å². The van der Waals surface area contributed by atoms with Crippen LogP contribution < -0.4 is 5.32 Å². The molecule has 22 heavy (non-hydrogen) atoms. The van der Waals surface area contributed by atoms with Gasteiger partial charge in [-0.25, -0.2) is 13.5 Å². The SMILES string of the molecule is CN=C1NC(=O)/C(=C/c2cnn(-c3ccc(F)cc3F)c2)S1. The summed E-state index contributed by atoms with van der Waals surface area (Å²) in [6.07, 6.45) is 4.67.